The molecule has 0 aromatic heterocycles. The molecule has 1 N–H and O–H groups in total. The van der Waals surface area contributed by atoms with Crippen LogP contribution < -0.4 is 10.2 Å². The van der Waals surface area contributed by atoms with Crippen molar-refractivity contribution in [2.45, 2.75) is 31.6 Å². The third kappa shape index (κ3) is 4.53. The molecule has 1 aliphatic heterocycles. The van der Waals surface area contributed by atoms with Crippen LogP contribution in [-0.2, 0) is 6.18 Å². The Kier molecular flexibility index (Phi) is 5.82. The average Bonchev–Trinajstić information content (AvgIpc) is 2.74. The van der Waals surface area contributed by atoms with Gasteiger partial charge < -0.3 is 10.2 Å². The molecule has 0 radical (unpaired) electrons. The van der Waals surface area contributed by atoms with E-state index in [1.165, 1.54) is 47.4 Å². The van der Waals surface area contributed by atoms with Crippen molar-refractivity contribution in [3.8, 4) is 0 Å². The van der Waals surface area contributed by atoms with Gasteiger partial charge in [-0.1, -0.05) is 0 Å². The first-order valence-corrected chi connectivity index (χ1v) is 10.1. The van der Waals surface area contributed by atoms with Crippen molar-refractivity contribution in [3.63, 3.8) is 0 Å². The number of amides is 1. The molecule has 1 amide bonds. The molecule has 3 nitrogen and oxygen atoms in total. The number of nitrogens with zero attached hydrogens (tertiary/aromatic N) is 1. The van der Waals surface area contributed by atoms with E-state index in [0.717, 1.165) is 6.07 Å². The number of alkyl halides is 3. The molecule has 0 unspecified atom stereocenters. The average molecular weight is 464 g/mol. The number of rotatable bonds is 3. The number of benzene rings is 3. The van der Waals surface area contributed by atoms with Crippen LogP contribution >= 0.6 is 0 Å². The Labute approximate surface area is 185 Å². The monoisotopic (exact) mass is 464 g/mol. The molecule has 0 fully saturated rings. The fourth-order valence-electron chi connectivity index (χ4n) is 4.05. The smallest absolute Gasteiger partial charge is 0.378 e. The van der Waals surface area contributed by atoms with Gasteiger partial charge in [-0.25, -0.2) is 13.2 Å². The van der Waals surface area contributed by atoms with Gasteiger partial charge in [-0.2, -0.15) is 13.2 Å². The van der Waals surface area contributed by atoms with Crippen LogP contribution in [0, 0.1) is 17.5 Å². The Hall–Kier alpha value is -3.49. The first-order chi connectivity index (χ1) is 15.5. The maximum absolute atomic E-state index is 14.1. The first kappa shape index (κ1) is 22.7. The Bertz CT molecular complexity index is 1190. The summed E-state index contributed by atoms with van der Waals surface area (Å²) < 4.78 is 80.0. The predicted molar refractivity (Wildman–Crippen MR) is 111 cm³/mol. The fraction of sp³-hybridized carbons (Fsp3) is 0.208. The van der Waals surface area contributed by atoms with Gasteiger partial charge in [0.1, 0.15) is 17.5 Å². The third-order valence-corrected chi connectivity index (χ3v) is 5.57. The molecule has 1 heterocycles. The Morgan fingerprint density at radius 1 is 0.939 bits per heavy atom. The number of nitrogens with one attached hydrogen (secondary N) is 1. The SMILES string of the molecule is C[C@@H]1C[C@H](Nc2ccc(F)cc2)c2cc(F)ccc2N1C(=O)c1ccc(C(F)(F)F)c(F)c1. The van der Waals surface area contributed by atoms with Gasteiger partial charge in [0, 0.05) is 28.5 Å². The molecule has 1 aliphatic rings. The molecular formula is C24H18F6N2O. The summed E-state index contributed by atoms with van der Waals surface area (Å²) in [7, 11) is 0. The Balaban J connectivity index is 1.70. The van der Waals surface area contributed by atoms with Crippen LogP contribution in [-0.4, -0.2) is 11.9 Å². The molecule has 9 heteroatoms. The van der Waals surface area contributed by atoms with Gasteiger partial charge in [0.25, 0.3) is 5.91 Å². The minimum Gasteiger partial charge on any atom is -0.378 e. The fourth-order valence-corrected chi connectivity index (χ4v) is 4.05. The van der Waals surface area contributed by atoms with E-state index in [1.54, 1.807) is 6.92 Å². The van der Waals surface area contributed by atoms with Crippen molar-refractivity contribution in [2.24, 2.45) is 0 Å². The summed E-state index contributed by atoms with van der Waals surface area (Å²) in [4.78, 5) is 14.5. The molecule has 2 atom stereocenters. The van der Waals surface area contributed by atoms with E-state index in [2.05, 4.69) is 5.32 Å². The molecule has 0 spiro atoms. The summed E-state index contributed by atoms with van der Waals surface area (Å²) in [5.41, 5.74) is -0.337. The highest BCUT2D eigenvalue weighted by Crippen LogP contribution is 2.40. The second-order valence-corrected chi connectivity index (χ2v) is 7.86. The Morgan fingerprint density at radius 3 is 2.24 bits per heavy atom. The van der Waals surface area contributed by atoms with Gasteiger partial charge in [0.2, 0.25) is 0 Å². The van der Waals surface area contributed by atoms with Crippen LogP contribution in [0.1, 0.15) is 40.9 Å². The van der Waals surface area contributed by atoms with E-state index < -0.39 is 47.2 Å². The number of carbonyl (C=O) groups is 1. The number of halogens is 6. The zero-order chi connectivity index (χ0) is 23.9. The van der Waals surface area contributed by atoms with E-state index >= 15 is 0 Å². The lowest BCUT2D eigenvalue weighted by Gasteiger charge is -2.40. The van der Waals surface area contributed by atoms with Gasteiger partial charge in [-0.15, -0.1) is 0 Å². The van der Waals surface area contributed by atoms with Crippen molar-refractivity contribution < 1.29 is 31.1 Å². The molecule has 0 saturated carbocycles. The maximum Gasteiger partial charge on any atom is 0.419 e. The number of fused-ring (bicyclic) bond motifs is 1. The molecular weight excluding hydrogens is 446 g/mol. The molecule has 0 bridgehead atoms. The van der Waals surface area contributed by atoms with E-state index in [1.807, 2.05) is 0 Å². The summed E-state index contributed by atoms with van der Waals surface area (Å²) >= 11 is 0. The predicted octanol–water partition coefficient (Wildman–Crippen LogP) is 6.71. The molecule has 4 rings (SSSR count). The van der Waals surface area contributed by atoms with E-state index in [0.29, 0.717) is 35.5 Å². The van der Waals surface area contributed by atoms with Gasteiger partial charge in [0.05, 0.1) is 11.6 Å². The summed E-state index contributed by atoms with van der Waals surface area (Å²) in [6, 6.07) is 10.6. The van der Waals surface area contributed by atoms with Crippen molar-refractivity contribution in [2.75, 3.05) is 10.2 Å². The minimum absolute atomic E-state index is 0.257. The van der Waals surface area contributed by atoms with Gasteiger partial charge in [0.15, 0.2) is 0 Å². The van der Waals surface area contributed by atoms with Gasteiger partial charge in [-0.05, 0) is 74.0 Å². The van der Waals surface area contributed by atoms with Crippen molar-refractivity contribution in [1.29, 1.82) is 0 Å². The third-order valence-electron chi connectivity index (χ3n) is 5.57. The second-order valence-electron chi connectivity index (χ2n) is 7.86. The van der Waals surface area contributed by atoms with Crippen LogP contribution in [0.25, 0.3) is 0 Å². The largest absolute Gasteiger partial charge is 0.419 e. The molecule has 172 valence electrons. The van der Waals surface area contributed by atoms with Gasteiger partial charge in [-0.3, -0.25) is 4.79 Å². The lowest BCUT2D eigenvalue weighted by Crippen LogP contribution is -2.44. The molecule has 0 aliphatic carbocycles. The number of hydrogen-bond donors (Lipinski definition) is 1. The van der Waals surface area contributed by atoms with Crippen LogP contribution in [0.2, 0.25) is 0 Å². The summed E-state index contributed by atoms with van der Waals surface area (Å²) in [6.45, 7) is 1.73. The molecule has 3 aromatic rings. The lowest BCUT2D eigenvalue weighted by molar-refractivity contribution is -0.140. The number of anilines is 2. The number of hydrogen-bond acceptors (Lipinski definition) is 2. The summed E-state index contributed by atoms with van der Waals surface area (Å²) in [6.07, 6.45) is -4.56. The number of carbonyl (C=O) groups excluding carboxylic acids is 1. The molecule has 33 heavy (non-hydrogen) atoms. The summed E-state index contributed by atoms with van der Waals surface area (Å²) in [5.74, 6) is -3.21. The molecule has 3 aromatic carbocycles. The van der Waals surface area contributed by atoms with Crippen molar-refractivity contribution in [3.05, 3.63) is 94.8 Å². The van der Waals surface area contributed by atoms with Crippen LogP contribution in [0.3, 0.4) is 0 Å². The van der Waals surface area contributed by atoms with Crippen LogP contribution in [0.15, 0.2) is 60.7 Å². The lowest BCUT2D eigenvalue weighted by atomic mass is 9.90. The van der Waals surface area contributed by atoms with Gasteiger partial charge >= 0.3 is 6.18 Å². The maximum atomic E-state index is 14.1. The minimum atomic E-state index is -4.88. The van der Waals surface area contributed by atoms with E-state index in [4.69, 9.17) is 0 Å². The first-order valence-electron chi connectivity index (χ1n) is 10.1. The summed E-state index contributed by atoms with van der Waals surface area (Å²) in [5, 5.41) is 3.20. The standard InChI is InChI=1S/C24H18F6N2O/c1-13-10-21(31-17-6-3-15(25)4-7-17)18-12-16(26)5-9-22(18)32(13)23(33)14-2-8-19(20(27)11-14)24(28,29)30/h2-9,11-13,21,31H,10H2,1H3/t13-,21+/m1/s1. The van der Waals surface area contributed by atoms with Crippen molar-refractivity contribution >= 4 is 17.3 Å². The zero-order valence-corrected chi connectivity index (χ0v) is 17.3. The highest BCUT2D eigenvalue weighted by atomic mass is 19.4. The van der Waals surface area contributed by atoms with E-state index in [-0.39, 0.29) is 5.56 Å². The molecule has 0 saturated heterocycles. The Morgan fingerprint density at radius 2 is 1.61 bits per heavy atom. The highest BCUT2D eigenvalue weighted by molar-refractivity contribution is 6.07. The normalized spacial score (nSPS) is 18.1. The quantitative estimate of drug-likeness (QED) is 0.437. The highest BCUT2D eigenvalue weighted by Gasteiger charge is 2.37. The second kappa shape index (κ2) is 8.46. The topological polar surface area (TPSA) is 32.3 Å². The van der Waals surface area contributed by atoms with E-state index in [9.17, 15) is 31.1 Å². The zero-order valence-electron chi connectivity index (χ0n) is 17.3. The van der Waals surface area contributed by atoms with Crippen molar-refractivity contribution in [1.82, 2.24) is 0 Å². The van der Waals surface area contributed by atoms with Crippen LogP contribution in [0.5, 0.6) is 0 Å². The van der Waals surface area contributed by atoms with Crippen LogP contribution in [0.4, 0.5) is 37.7 Å².